The van der Waals surface area contributed by atoms with Gasteiger partial charge in [0.05, 0.1) is 18.2 Å². The van der Waals surface area contributed by atoms with Crippen LogP contribution >= 0.6 is 12.2 Å². The summed E-state index contributed by atoms with van der Waals surface area (Å²) in [6.07, 6.45) is 1.47. The van der Waals surface area contributed by atoms with E-state index in [0.717, 1.165) is 11.4 Å². The molecule has 0 aromatic heterocycles. The molecule has 2 N–H and O–H groups in total. The van der Waals surface area contributed by atoms with Crippen molar-refractivity contribution in [3.63, 3.8) is 0 Å². The lowest BCUT2D eigenvalue weighted by Gasteiger charge is -2.12. The molecule has 9 heteroatoms. The lowest BCUT2D eigenvalue weighted by Crippen LogP contribution is -2.23. The molecule has 0 saturated heterocycles. The van der Waals surface area contributed by atoms with Crippen LogP contribution < -0.4 is 20.4 Å². The highest BCUT2D eigenvalue weighted by Crippen LogP contribution is 2.27. The maximum atomic E-state index is 11.2. The molecule has 0 heterocycles. The Morgan fingerprint density at radius 2 is 1.96 bits per heavy atom. The molecule has 0 fully saturated rings. The normalized spacial score (nSPS) is 10.4. The largest absolute Gasteiger partial charge is 0.497 e. The summed E-state index contributed by atoms with van der Waals surface area (Å²) in [5, 5.41) is 18.5. The van der Waals surface area contributed by atoms with E-state index in [1.807, 2.05) is 12.1 Å². The first-order chi connectivity index (χ1) is 12.4. The fraction of sp³-hybridized carbons (Fsp3) is 0.176. The first-order valence-electron chi connectivity index (χ1n) is 7.60. The van der Waals surface area contributed by atoms with Crippen LogP contribution in [-0.4, -0.2) is 37.5 Å². The standard InChI is InChI=1S/C17H19N5O3S/c1-21(2)15-9-4-12(10-16(15)22(23)24)11-18-20-17(26)19-13-5-7-14(25-3)8-6-13/h4-11H,1-3H3,(H2,19,20,26)/b18-11-. The number of nitrogens with one attached hydrogen (secondary N) is 2. The van der Waals surface area contributed by atoms with E-state index in [-0.39, 0.29) is 5.69 Å². The Balaban J connectivity index is 1.99. The van der Waals surface area contributed by atoms with E-state index in [4.69, 9.17) is 17.0 Å². The van der Waals surface area contributed by atoms with Gasteiger partial charge in [0.2, 0.25) is 0 Å². The monoisotopic (exact) mass is 373 g/mol. The molecular weight excluding hydrogens is 354 g/mol. The number of nitro benzene ring substituents is 1. The number of nitro groups is 1. The van der Waals surface area contributed by atoms with Gasteiger partial charge in [-0.3, -0.25) is 15.5 Å². The zero-order chi connectivity index (χ0) is 19.1. The van der Waals surface area contributed by atoms with Gasteiger partial charge in [-0.25, -0.2) is 0 Å². The van der Waals surface area contributed by atoms with Crippen LogP contribution in [0.25, 0.3) is 0 Å². The Bertz CT molecular complexity index is 822. The summed E-state index contributed by atoms with van der Waals surface area (Å²) >= 11 is 5.15. The van der Waals surface area contributed by atoms with E-state index in [9.17, 15) is 10.1 Å². The van der Waals surface area contributed by atoms with Crippen molar-refractivity contribution in [2.45, 2.75) is 0 Å². The van der Waals surface area contributed by atoms with Gasteiger partial charge in [0, 0.05) is 31.4 Å². The third kappa shape index (κ3) is 5.15. The number of anilines is 2. The summed E-state index contributed by atoms with van der Waals surface area (Å²) in [6.45, 7) is 0. The molecule has 0 unspecified atom stereocenters. The lowest BCUT2D eigenvalue weighted by molar-refractivity contribution is -0.384. The number of rotatable bonds is 6. The fourth-order valence-corrected chi connectivity index (χ4v) is 2.31. The Morgan fingerprint density at radius 3 is 2.54 bits per heavy atom. The minimum Gasteiger partial charge on any atom is -0.497 e. The minimum atomic E-state index is -0.421. The SMILES string of the molecule is COc1ccc(NC(=S)N/N=C\c2ccc(N(C)C)c([N+](=O)[O-])c2)cc1. The van der Waals surface area contributed by atoms with Crippen LogP contribution in [0.2, 0.25) is 0 Å². The summed E-state index contributed by atoms with van der Waals surface area (Å²) in [5.41, 5.74) is 4.58. The van der Waals surface area contributed by atoms with Crippen molar-refractivity contribution in [2.24, 2.45) is 5.10 Å². The summed E-state index contributed by atoms with van der Waals surface area (Å²) in [5.74, 6) is 0.746. The topological polar surface area (TPSA) is 92.0 Å². The zero-order valence-electron chi connectivity index (χ0n) is 14.6. The molecule has 0 aliphatic rings. The zero-order valence-corrected chi connectivity index (χ0v) is 15.4. The van der Waals surface area contributed by atoms with Crippen LogP contribution in [0.1, 0.15) is 5.56 Å². The van der Waals surface area contributed by atoms with Gasteiger partial charge in [-0.05, 0) is 42.5 Å². The molecule has 0 aliphatic heterocycles. The number of ether oxygens (including phenoxy) is 1. The molecule has 8 nitrogen and oxygen atoms in total. The van der Waals surface area contributed by atoms with Gasteiger partial charge < -0.3 is 15.0 Å². The fourth-order valence-electron chi connectivity index (χ4n) is 2.14. The van der Waals surface area contributed by atoms with Crippen LogP contribution in [0.5, 0.6) is 5.75 Å². The van der Waals surface area contributed by atoms with Crippen LogP contribution in [0, 0.1) is 10.1 Å². The van der Waals surface area contributed by atoms with Crippen LogP contribution in [0.4, 0.5) is 17.1 Å². The quantitative estimate of drug-likeness (QED) is 0.348. The van der Waals surface area contributed by atoms with Crippen molar-refractivity contribution in [1.29, 1.82) is 0 Å². The average Bonchev–Trinajstić information content (AvgIpc) is 2.62. The minimum absolute atomic E-state index is 0.0119. The second kappa shape index (κ2) is 8.77. The summed E-state index contributed by atoms with van der Waals surface area (Å²) in [6, 6.07) is 12.1. The maximum Gasteiger partial charge on any atom is 0.293 e. The highest BCUT2D eigenvalue weighted by molar-refractivity contribution is 7.80. The maximum absolute atomic E-state index is 11.2. The Kier molecular flexibility index (Phi) is 6.45. The molecule has 2 aromatic rings. The molecule has 26 heavy (non-hydrogen) atoms. The number of hydrogen-bond acceptors (Lipinski definition) is 6. The van der Waals surface area contributed by atoms with Crippen LogP contribution in [0.3, 0.4) is 0 Å². The molecule has 0 radical (unpaired) electrons. The van der Waals surface area contributed by atoms with Gasteiger partial charge in [0.1, 0.15) is 11.4 Å². The predicted octanol–water partition coefficient (Wildman–Crippen LogP) is 2.99. The Morgan fingerprint density at radius 1 is 1.27 bits per heavy atom. The first-order valence-corrected chi connectivity index (χ1v) is 8.01. The molecule has 0 bridgehead atoms. The van der Waals surface area contributed by atoms with Crippen molar-refractivity contribution in [2.75, 3.05) is 31.4 Å². The lowest BCUT2D eigenvalue weighted by atomic mass is 10.2. The second-order valence-corrected chi connectivity index (χ2v) is 5.86. The van der Waals surface area contributed by atoms with E-state index >= 15 is 0 Å². The van der Waals surface area contributed by atoms with Crippen molar-refractivity contribution in [3.8, 4) is 5.75 Å². The Hall–Kier alpha value is -3.20. The van der Waals surface area contributed by atoms with Gasteiger partial charge >= 0.3 is 0 Å². The van der Waals surface area contributed by atoms with Crippen LogP contribution in [-0.2, 0) is 0 Å². The van der Waals surface area contributed by atoms with Gasteiger partial charge in [0.25, 0.3) is 5.69 Å². The van der Waals surface area contributed by atoms with Crippen molar-refractivity contribution in [1.82, 2.24) is 5.43 Å². The third-order valence-electron chi connectivity index (χ3n) is 3.41. The van der Waals surface area contributed by atoms with Crippen molar-refractivity contribution >= 4 is 40.6 Å². The number of benzene rings is 2. The number of methoxy groups -OCH3 is 1. The third-order valence-corrected chi connectivity index (χ3v) is 3.60. The van der Waals surface area contributed by atoms with E-state index in [2.05, 4.69) is 15.8 Å². The highest BCUT2D eigenvalue weighted by Gasteiger charge is 2.15. The van der Waals surface area contributed by atoms with Gasteiger partial charge in [-0.1, -0.05) is 6.07 Å². The van der Waals surface area contributed by atoms with Crippen LogP contribution in [0.15, 0.2) is 47.6 Å². The Labute approximate surface area is 156 Å². The van der Waals surface area contributed by atoms with E-state index in [1.54, 1.807) is 50.4 Å². The molecule has 136 valence electrons. The van der Waals surface area contributed by atoms with Crippen molar-refractivity contribution < 1.29 is 9.66 Å². The highest BCUT2D eigenvalue weighted by atomic mass is 32.1. The van der Waals surface area contributed by atoms with Gasteiger partial charge in [-0.15, -0.1) is 0 Å². The number of thiocarbonyl (C=S) groups is 1. The molecular formula is C17H19N5O3S. The number of hydrazone groups is 1. The first kappa shape index (κ1) is 19.1. The van der Waals surface area contributed by atoms with E-state index in [1.165, 1.54) is 12.3 Å². The summed E-state index contributed by atoms with van der Waals surface area (Å²) < 4.78 is 5.09. The predicted molar refractivity (Wildman–Crippen MR) is 107 cm³/mol. The summed E-state index contributed by atoms with van der Waals surface area (Å²) in [7, 11) is 5.10. The number of nitrogens with zero attached hydrogens (tertiary/aromatic N) is 3. The molecule has 0 atom stereocenters. The summed E-state index contributed by atoms with van der Waals surface area (Å²) in [4.78, 5) is 12.5. The molecule has 0 amide bonds. The molecule has 0 saturated carbocycles. The average molecular weight is 373 g/mol. The second-order valence-electron chi connectivity index (χ2n) is 5.45. The molecule has 0 spiro atoms. The van der Waals surface area contributed by atoms with E-state index < -0.39 is 4.92 Å². The van der Waals surface area contributed by atoms with Gasteiger partial charge in [0.15, 0.2) is 5.11 Å². The molecule has 0 aliphatic carbocycles. The smallest absolute Gasteiger partial charge is 0.293 e. The van der Waals surface area contributed by atoms with Gasteiger partial charge in [-0.2, -0.15) is 5.10 Å². The number of hydrogen-bond donors (Lipinski definition) is 2. The molecule has 2 aromatic carbocycles. The molecule has 2 rings (SSSR count). The van der Waals surface area contributed by atoms with E-state index in [0.29, 0.717) is 16.4 Å². The van der Waals surface area contributed by atoms with Crippen molar-refractivity contribution in [3.05, 3.63) is 58.1 Å².